The molecule has 1 saturated carbocycles. The van der Waals surface area contributed by atoms with E-state index in [-0.39, 0.29) is 6.04 Å². The molecule has 0 radical (unpaired) electrons. The lowest BCUT2D eigenvalue weighted by atomic mass is 10.1. The van der Waals surface area contributed by atoms with Crippen molar-refractivity contribution in [2.75, 3.05) is 0 Å². The number of rotatable bonds is 3. The van der Waals surface area contributed by atoms with Crippen LogP contribution in [0.3, 0.4) is 0 Å². The average molecular weight is 227 g/mol. The summed E-state index contributed by atoms with van der Waals surface area (Å²) in [7, 11) is 0. The maximum atomic E-state index is 5.99. The zero-order chi connectivity index (χ0) is 11.8. The summed E-state index contributed by atoms with van der Waals surface area (Å²) >= 11 is 0. The van der Waals surface area contributed by atoms with Crippen LogP contribution in [0.1, 0.15) is 43.0 Å². The van der Waals surface area contributed by atoms with Gasteiger partial charge in [-0.05, 0) is 37.5 Å². The molecule has 1 aromatic carbocycles. The number of nitrogens with two attached hydrogens (primary N) is 1. The summed E-state index contributed by atoms with van der Waals surface area (Å²) < 4.78 is 1.95. The summed E-state index contributed by atoms with van der Waals surface area (Å²) in [6, 6.07) is 10.3. The minimum atomic E-state index is 0.0276. The molecular formula is C14H17N3. The highest BCUT2D eigenvalue weighted by molar-refractivity contribution is 5.42. The van der Waals surface area contributed by atoms with Crippen molar-refractivity contribution in [1.29, 1.82) is 0 Å². The van der Waals surface area contributed by atoms with Gasteiger partial charge in [-0.3, -0.25) is 0 Å². The van der Waals surface area contributed by atoms with Gasteiger partial charge in [0.05, 0.1) is 11.4 Å². The lowest BCUT2D eigenvalue weighted by molar-refractivity contribution is 0.771. The molecule has 0 saturated heterocycles. The van der Waals surface area contributed by atoms with Gasteiger partial charge in [0.15, 0.2) is 0 Å². The number of nitrogens with zero attached hydrogens (tertiary/aromatic N) is 2. The Hall–Kier alpha value is -1.61. The molecule has 0 bridgehead atoms. The Balaban J connectivity index is 2.01. The minimum Gasteiger partial charge on any atom is -0.324 e. The minimum absolute atomic E-state index is 0.0276. The first-order valence-electron chi connectivity index (χ1n) is 6.16. The predicted molar refractivity (Wildman–Crippen MR) is 68.1 cm³/mol. The Morgan fingerprint density at radius 1 is 1.29 bits per heavy atom. The van der Waals surface area contributed by atoms with Gasteiger partial charge in [0.2, 0.25) is 0 Å². The Morgan fingerprint density at radius 3 is 2.76 bits per heavy atom. The molecule has 0 aliphatic heterocycles. The summed E-state index contributed by atoms with van der Waals surface area (Å²) in [5.41, 5.74) is 9.43. The predicted octanol–water partition coefficient (Wildman–Crippen LogP) is 2.77. The average Bonchev–Trinajstić information content (AvgIpc) is 3.07. The highest BCUT2D eigenvalue weighted by Crippen LogP contribution is 2.39. The molecule has 2 N–H and O–H groups in total. The molecule has 88 valence electrons. The molecule has 1 aliphatic rings. The van der Waals surface area contributed by atoms with Crippen LogP contribution in [-0.4, -0.2) is 9.78 Å². The van der Waals surface area contributed by atoms with Crippen molar-refractivity contribution in [3.63, 3.8) is 0 Å². The Morgan fingerprint density at radius 2 is 2.06 bits per heavy atom. The second-order valence-electron chi connectivity index (χ2n) is 4.81. The van der Waals surface area contributed by atoms with Gasteiger partial charge in [0, 0.05) is 18.2 Å². The van der Waals surface area contributed by atoms with Crippen molar-refractivity contribution < 1.29 is 0 Å². The highest BCUT2D eigenvalue weighted by atomic mass is 15.3. The maximum Gasteiger partial charge on any atom is 0.0693 e. The van der Waals surface area contributed by atoms with Gasteiger partial charge in [0.1, 0.15) is 0 Å². The van der Waals surface area contributed by atoms with E-state index in [0.29, 0.717) is 5.92 Å². The van der Waals surface area contributed by atoms with Crippen molar-refractivity contribution in [3.05, 3.63) is 47.8 Å². The first-order chi connectivity index (χ1) is 8.25. The maximum absolute atomic E-state index is 5.99. The molecule has 1 heterocycles. The summed E-state index contributed by atoms with van der Waals surface area (Å²) in [4.78, 5) is 0. The normalized spacial score (nSPS) is 17.1. The Bertz CT molecular complexity index is 524. The second-order valence-corrected chi connectivity index (χ2v) is 4.81. The molecule has 17 heavy (non-hydrogen) atoms. The third kappa shape index (κ3) is 1.98. The quantitative estimate of drug-likeness (QED) is 0.876. The topological polar surface area (TPSA) is 43.8 Å². The zero-order valence-corrected chi connectivity index (χ0v) is 10.0. The first kappa shape index (κ1) is 10.5. The van der Waals surface area contributed by atoms with Gasteiger partial charge in [-0.1, -0.05) is 18.2 Å². The molecule has 3 rings (SSSR count). The van der Waals surface area contributed by atoms with Gasteiger partial charge in [0.25, 0.3) is 0 Å². The van der Waals surface area contributed by atoms with E-state index in [1.54, 1.807) is 0 Å². The summed E-state index contributed by atoms with van der Waals surface area (Å²) in [6.45, 7) is 2.00. The fourth-order valence-electron chi connectivity index (χ4n) is 2.15. The molecule has 0 amide bonds. The molecule has 1 aliphatic carbocycles. The van der Waals surface area contributed by atoms with Crippen LogP contribution in [0, 0.1) is 0 Å². The fourth-order valence-corrected chi connectivity index (χ4v) is 2.15. The number of para-hydroxylation sites is 1. The Labute approximate surface area is 101 Å². The monoisotopic (exact) mass is 227 g/mol. The van der Waals surface area contributed by atoms with E-state index in [2.05, 4.69) is 23.3 Å². The van der Waals surface area contributed by atoms with Gasteiger partial charge in [-0.15, -0.1) is 0 Å². The van der Waals surface area contributed by atoms with E-state index in [4.69, 9.17) is 5.73 Å². The van der Waals surface area contributed by atoms with E-state index in [0.717, 1.165) is 11.3 Å². The summed E-state index contributed by atoms with van der Waals surface area (Å²) in [5, 5.41) is 4.65. The molecule has 3 heteroatoms. The van der Waals surface area contributed by atoms with Gasteiger partial charge in [-0.25, -0.2) is 4.68 Å². The van der Waals surface area contributed by atoms with E-state index in [9.17, 15) is 0 Å². The molecule has 1 atom stereocenters. The molecule has 1 fully saturated rings. The van der Waals surface area contributed by atoms with Crippen LogP contribution in [-0.2, 0) is 0 Å². The SMILES string of the molecule is CC(N)c1ccccc1-n1ccc(C2CC2)n1. The molecule has 0 spiro atoms. The molecule has 1 aromatic heterocycles. The third-order valence-corrected chi connectivity index (χ3v) is 3.28. The van der Waals surface area contributed by atoms with Crippen molar-refractivity contribution in [3.8, 4) is 5.69 Å². The lowest BCUT2D eigenvalue weighted by Crippen LogP contribution is -2.10. The first-order valence-corrected chi connectivity index (χ1v) is 6.16. The van der Waals surface area contributed by atoms with Crippen molar-refractivity contribution >= 4 is 0 Å². The smallest absolute Gasteiger partial charge is 0.0693 e. The largest absolute Gasteiger partial charge is 0.324 e. The van der Waals surface area contributed by atoms with Crippen LogP contribution < -0.4 is 5.73 Å². The second kappa shape index (κ2) is 4.00. The molecular weight excluding hydrogens is 210 g/mol. The number of aromatic nitrogens is 2. The van der Waals surface area contributed by atoms with Gasteiger partial charge in [-0.2, -0.15) is 5.10 Å². The van der Waals surface area contributed by atoms with Crippen molar-refractivity contribution in [2.45, 2.75) is 31.7 Å². The van der Waals surface area contributed by atoms with Gasteiger partial charge >= 0.3 is 0 Å². The van der Waals surface area contributed by atoms with Crippen molar-refractivity contribution in [1.82, 2.24) is 9.78 Å². The fraction of sp³-hybridized carbons (Fsp3) is 0.357. The van der Waals surface area contributed by atoms with Gasteiger partial charge < -0.3 is 5.73 Å². The standard InChI is InChI=1S/C14H17N3/c1-10(15)12-4-2-3-5-14(12)17-9-8-13(16-17)11-6-7-11/h2-5,8-11H,6-7,15H2,1H3. The molecule has 2 aromatic rings. The van der Waals surface area contributed by atoms with Crippen LogP contribution >= 0.6 is 0 Å². The number of hydrogen-bond donors (Lipinski definition) is 1. The van der Waals surface area contributed by atoms with E-state index < -0.39 is 0 Å². The van der Waals surface area contributed by atoms with Crippen LogP contribution in [0.2, 0.25) is 0 Å². The highest BCUT2D eigenvalue weighted by Gasteiger charge is 2.26. The molecule has 3 nitrogen and oxygen atoms in total. The van der Waals surface area contributed by atoms with Crippen LogP contribution in [0.5, 0.6) is 0 Å². The van der Waals surface area contributed by atoms with Crippen molar-refractivity contribution in [2.24, 2.45) is 5.73 Å². The lowest BCUT2D eigenvalue weighted by Gasteiger charge is -2.12. The Kier molecular flexibility index (Phi) is 2.48. The number of benzene rings is 1. The third-order valence-electron chi connectivity index (χ3n) is 3.28. The van der Waals surface area contributed by atoms with Crippen LogP contribution in [0.25, 0.3) is 5.69 Å². The molecule has 1 unspecified atom stereocenters. The number of hydrogen-bond acceptors (Lipinski definition) is 2. The van der Waals surface area contributed by atoms with E-state index in [1.165, 1.54) is 18.5 Å². The summed E-state index contributed by atoms with van der Waals surface area (Å²) in [6.07, 6.45) is 4.60. The zero-order valence-electron chi connectivity index (χ0n) is 10.0. The van der Waals surface area contributed by atoms with Crippen LogP contribution in [0.4, 0.5) is 0 Å². The van der Waals surface area contributed by atoms with Crippen LogP contribution in [0.15, 0.2) is 36.5 Å². The van der Waals surface area contributed by atoms with E-state index in [1.807, 2.05) is 29.9 Å². The summed E-state index contributed by atoms with van der Waals surface area (Å²) in [5.74, 6) is 0.693. The van der Waals surface area contributed by atoms with E-state index >= 15 is 0 Å².